The quantitative estimate of drug-likeness (QED) is 0.806. The van der Waals surface area contributed by atoms with Crippen molar-refractivity contribution in [1.82, 2.24) is 9.80 Å². The lowest BCUT2D eigenvalue weighted by atomic mass is 9.68. The first-order valence-electron chi connectivity index (χ1n) is 6.98. The molecular formula is C15H20N2O. The van der Waals surface area contributed by atoms with E-state index in [-0.39, 0.29) is 0 Å². The Balaban J connectivity index is 1.76. The number of nitrogens with zero attached hydrogens (tertiary/aromatic N) is 2. The summed E-state index contributed by atoms with van der Waals surface area (Å²) in [5, 5.41) is 9.47. The van der Waals surface area contributed by atoms with E-state index in [9.17, 15) is 5.11 Å². The van der Waals surface area contributed by atoms with Crippen LogP contribution in [0.15, 0.2) is 24.3 Å². The van der Waals surface area contributed by atoms with E-state index < -0.39 is 0 Å². The highest BCUT2D eigenvalue weighted by molar-refractivity contribution is 5.34. The third-order valence-electron chi connectivity index (χ3n) is 4.98. The second-order valence-corrected chi connectivity index (χ2v) is 6.37. The lowest BCUT2D eigenvalue weighted by molar-refractivity contribution is 0.0588. The number of fused-ring (bicyclic) bond motifs is 1. The first kappa shape index (κ1) is 10.8. The Bertz CT molecular complexity index is 440. The maximum atomic E-state index is 9.47. The smallest absolute Gasteiger partial charge is 0.115 e. The molecule has 0 radical (unpaired) electrons. The van der Waals surface area contributed by atoms with Gasteiger partial charge in [0, 0.05) is 44.7 Å². The van der Waals surface area contributed by atoms with Crippen molar-refractivity contribution in [2.75, 3.05) is 39.3 Å². The SMILES string of the molecule is Oc1ccc(C23CC4CN(CCN(C4)C2)C3)cc1. The summed E-state index contributed by atoms with van der Waals surface area (Å²) in [7, 11) is 0. The average molecular weight is 244 g/mol. The molecule has 96 valence electrons. The zero-order valence-corrected chi connectivity index (χ0v) is 10.7. The van der Waals surface area contributed by atoms with E-state index >= 15 is 0 Å². The largest absolute Gasteiger partial charge is 0.508 e. The minimum absolute atomic E-state index is 0.311. The molecule has 4 fully saturated rings. The van der Waals surface area contributed by atoms with Crippen molar-refractivity contribution >= 4 is 0 Å². The van der Waals surface area contributed by atoms with Gasteiger partial charge in [0.25, 0.3) is 0 Å². The molecule has 3 heteroatoms. The first-order valence-corrected chi connectivity index (χ1v) is 6.98. The Morgan fingerprint density at radius 3 is 2.22 bits per heavy atom. The summed E-state index contributed by atoms with van der Waals surface area (Å²) < 4.78 is 0. The van der Waals surface area contributed by atoms with Gasteiger partial charge < -0.3 is 14.9 Å². The first-order chi connectivity index (χ1) is 8.73. The Morgan fingerprint density at radius 1 is 1.00 bits per heavy atom. The van der Waals surface area contributed by atoms with Crippen LogP contribution in [0.4, 0.5) is 0 Å². The molecule has 4 bridgehead atoms. The summed E-state index contributed by atoms with van der Waals surface area (Å²) >= 11 is 0. The van der Waals surface area contributed by atoms with E-state index in [0.717, 1.165) is 5.92 Å². The molecule has 1 aromatic rings. The highest BCUT2D eigenvalue weighted by atomic mass is 16.3. The fraction of sp³-hybridized carbons (Fsp3) is 0.600. The third kappa shape index (κ3) is 1.57. The Hall–Kier alpha value is -1.06. The second-order valence-electron chi connectivity index (χ2n) is 6.37. The predicted octanol–water partition coefficient (Wildman–Crippen LogP) is 1.28. The number of rotatable bonds is 1. The molecule has 1 aromatic carbocycles. The van der Waals surface area contributed by atoms with Gasteiger partial charge in [0.2, 0.25) is 0 Å². The van der Waals surface area contributed by atoms with Crippen LogP contribution in [0.5, 0.6) is 5.75 Å². The Kier molecular flexibility index (Phi) is 2.24. The van der Waals surface area contributed by atoms with Crippen molar-refractivity contribution < 1.29 is 5.11 Å². The zero-order chi connectivity index (χ0) is 12.2. The lowest BCUT2D eigenvalue weighted by Gasteiger charge is -2.50. The molecule has 2 unspecified atom stereocenters. The van der Waals surface area contributed by atoms with Crippen molar-refractivity contribution in [2.45, 2.75) is 11.8 Å². The molecule has 4 saturated heterocycles. The highest BCUT2D eigenvalue weighted by Gasteiger charge is 2.47. The molecule has 2 atom stereocenters. The zero-order valence-electron chi connectivity index (χ0n) is 10.7. The van der Waals surface area contributed by atoms with E-state index in [2.05, 4.69) is 21.9 Å². The maximum absolute atomic E-state index is 9.47. The summed E-state index contributed by atoms with van der Waals surface area (Å²) in [5.41, 5.74) is 1.73. The minimum Gasteiger partial charge on any atom is -0.508 e. The third-order valence-corrected chi connectivity index (χ3v) is 4.98. The number of phenolic OH excluding ortho intramolecular Hbond substituents is 1. The fourth-order valence-corrected chi connectivity index (χ4v) is 4.37. The van der Waals surface area contributed by atoms with Crippen LogP contribution in [-0.2, 0) is 5.41 Å². The van der Waals surface area contributed by atoms with E-state index in [0.29, 0.717) is 11.2 Å². The van der Waals surface area contributed by atoms with E-state index in [1.54, 1.807) is 0 Å². The number of aromatic hydroxyl groups is 1. The molecule has 4 aliphatic heterocycles. The van der Waals surface area contributed by atoms with Crippen molar-refractivity contribution in [1.29, 1.82) is 0 Å². The summed E-state index contributed by atoms with van der Waals surface area (Å²) in [4.78, 5) is 5.29. The number of hydrogen-bond acceptors (Lipinski definition) is 3. The van der Waals surface area contributed by atoms with Crippen LogP contribution in [0.25, 0.3) is 0 Å². The molecule has 4 heterocycles. The molecule has 0 saturated carbocycles. The molecule has 5 rings (SSSR count). The summed E-state index contributed by atoms with van der Waals surface area (Å²) in [6.07, 6.45) is 1.32. The van der Waals surface area contributed by atoms with Crippen molar-refractivity contribution in [3.8, 4) is 5.75 Å². The lowest BCUT2D eigenvalue weighted by Crippen LogP contribution is -2.57. The van der Waals surface area contributed by atoms with Gasteiger partial charge in [-0.1, -0.05) is 12.1 Å². The molecule has 0 aromatic heterocycles. The predicted molar refractivity (Wildman–Crippen MR) is 70.8 cm³/mol. The summed E-state index contributed by atoms with van der Waals surface area (Å²) in [5.74, 6) is 1.21. The van der Waals surface area contributed by atoms with Crippen LogP contribution in [0.3, 0.4) is 0 Å². The van der Waals surface area contributed by atoms with Crippen molar-refractivity contribution in [3.05, 3.63) is 29.8 Å². The molecule has 0 amide bonds. The fourth-order valence-electron chi connectivity index (χ4n) is 4.37. The van der Waals surface area contributed by atoms with E-state index in [1.165, 1.54) is 51.3 Å². The van der Waals surface area contributed by atoms with Gasteiger partial charge in [-0.25, -0.2) is 0 Å². The monoisotopic (exact) mass is 244 g/mol. The molecule has 0 spiro atoms. The van der Waals surface area contributed by atoms with Gasteiger partial charge in [0.05, 0.1) is 0 Å². The van der Waals surface area contributed by atoms with Crippen LogP contribution in [0.2, 0.25) is 0 Å². The maximum Gasteiger partial charge on any atom is 0.115 e. The van der Waals surface area contributed by atoms with Crippen molar-refractivity contribution in [2.24, 2.45) is 5.92 Å². The van der Waals surface area contributed by atoms with E-state index in [1.807, 2.05) is 12.1 Å². The number of benzene rings is 1. The highest BCUT2D eigenvalue weighted by Crippen LogP contribution is 2.42. The van der Waals surface area contributed by atoms with Gasteiger partial charge in [-0.15, -0.1) is 0 Å². The molecular weight excluding hydrogens is 224 g/mol. The normalized spacial score (nSPS) is 41.9. The minimum atomic E-state index is 0.311. The number of phenols is 1. The van der Waals surface area contributed by atoms with E-state index in [4.69, 9.17) is 0 Å². The van der Waals surface area contributed by atoms with Crippen LogP contribution < -0.4 is 0 Å². The topological polar surface area (TPSA) is 26.7 Å². The Labute approximate surface area is 108 Å². The second kappa shape index (κ2) is 3.72. The average Bonchev–Trinajstić information content (AvgIpc) is 2.56. The van der Waals surface area contributed by atoms with Gasteiger partial charge in [-0.05, 0) is 30.0 Å². The molecule has 0 aliphatic carbocycles. The number of piperidine rings is 2. The van der Waals surface area contributed by atoms with Gasteiger partial charge in [0.1, 0.15) is 5.75 Å². The molecule has 4 aliphatic rings. The van der Waals surface area contributed by atoms with Gasteiger partial charge in [0.15, 0.2) is 0 Å². The van der Waals surface area contributed by atoms with Crippen LogP contribution in [0, 0.1) is 5.92 Å². The summed E-state index contributed by atoms with van der Waals surface area (Å²) in [6.45, 7) is 7.44. The van der Waals surface area contributed by atoms with Crippen LogP contribution >= 0.6 is 0 Å². The van der Waals surface area contributed by atoms with Gasteiger partial charge >= 0.3 is 0 Å². The van der Waals surface area contributed by atoms with Crippen LogP contribution in [0.1, 0.15) is 12.0 Å². The van der Waals surface area contributed by atoms with Gasteiger partial charge in [-0.3, -0.25) is 0 Å². The van der Waals surface area contributed by atoms with Crippen LogP contribution in [-0.4, -0.2) is 54.2 Å². The molecule has 18 heavy (non-hydrogen) atoms. The number of hydrogen-bond donors (Lipinski definition) is 1. The molecule has 3 nitrogen and oxygen atoms in total. The summed E-state index contributed by atoms with van der Waals surface area (Å²) in [6, 6.07) is 7.94. The van der Waals surface area contributed by atoms with Crippen molar-refractivity contribution in [3.63, 3.8) is 0 Å². The standard InChI is InChI=1S/C15H20N2O/c18-14-3-1-13(2-4-14)15-7-12-8-16(10-15)5-6-17(9-12)11-15/h1-4,12,18H,5-11H2. The Morgan fingerprint density at radius 2 is 1.61 bits per heavy atom. The molecule has 1 N–H and O–H groups in total. The van der Waals surface area contributed by atoms with Gasteiger partial charge in [-0.2, -0.15) is 0 Å².